The molecule has 0 unspecified atom stereocenters. The number of aromatic nitrogens is 5. The number of aliphatic hydroxyl groups excluding tert-OH is 1. The highest BCUT2D eigenvalue weighted by atomic mass is 16.3. The van der Waals surface area contributed by atoms with E-state index in [9.17, 15) is 4.79 Å². The number of aromatic amines is 1. The van der Waals surface area contributed by atoms with Crippen molar-refractivity contribution in [3.63, 3.8) is 0 Å². The molecule has 2 N–H and O–H groups in total. The first-order valence-electron chi connectivity index (χ1n) is 10.3. The van der Waals surface area contributed by atoms with Crippen LogP contribution in [0.5, 0.6) is 0 Å². The quantitative estimate of drug-likeness (QED) is 0.511. The van der Waals surface area contributed by atoms with Gasteiger partial charge in [0.2, 0.25) is 5.95 Å². The van der Waals surface area contributed by atoms with E-state index < -0.39 is 0 Å². The maximum Gasteiger partial charge on any atom is 0.254 e. The molecule has 0 aliphatic carbocycles. The number of fused-ring (bicyclic) bond motifs is 1. The lowest BCUT2D eigenvalue weighted by Crippen LogP contribution is -2.49. The summed E-state index contributed by atoms with van der Waals surface area (Å²) in [4.78, 5) is 33.7. The number of β-amino-alcohol motifs (C(OH)–C–C–N with tert-alkyl or cyclic N) is 1. The summed E-state index contributed by atoms with van der Waals surface area (Å²) < 4.78 is 1.87. The molecular weight excluding hydrogens is 394 g/mol. The number of piperazine rings is 1. The van der Waals surface area contributed by atoms with E-state index in [0.717, 1.165) is 29.8 Å². The normalized spacial score (nSPS) is 14.9. The summed E-state index contributed by atoms with van der Waals surface area (Å²) in [7, 11) is 0. The van der Waals surface area contributed by atoms with Crippen LogP contribution < -0.4 is 0 Å². The minimum atomic E-state index is 0.0164. The lowest BCUT2D eigenvalue weighted by Gasteiger charge is -2.34. The number of carbonyl (C=O) groups is 1. The first-order chi connectivity index (χ1) is 15.2. The Hall–Kier alpha value is -3.56. The monoisotopic (exact) mass is 417 g/mol. The largest absolute Gasteiger partial charge is 0.395 e. The van der Waals surface area contributed by atoms with E-state index in [1.807, 2.05) is 46.0 Å². The smallest absolute Gasteiger partial charge is 0.254 e. The van der Waals surface area contributed by atoms with Gasteiger partial charge in [0, 0.05) is 56.9 Å². The second-order valence-corrected chi connectivity index (χ2v) is 7.49. The van der Waals surface area contributed by atoms with Gasteiger partial charge in [0.25, 0.3) is 5.91 Å². The van der Waals surface area contributed by atoms with Gasteiger partial charge in [-0.3, -0.25) is 14.3 Å². The Bertz CT molecular complexity index is 1190. The standard InChI is InChI=1S/C22H23N7O2/c30-14-13-27-9-11-28(12-10-27)21(31)16-4-5-17-18(15-16)26-20(25-17)19-3-1-8-29(19)22-23-6-2-7-24-22/h1-8,15,30H,9-14H2,(H,25,26). The average molecular weight is 417 g/mol. The summed E-state index contributed by atoms with van der Waals surface area (Å²) in [6.45, 7) is 3.68. The molecule has 1 fully saturated rings. The molecule has 0 saturated carbocycles. The van der Waals surface area contributed by atoms with Crippen LogP contribution in [0.15, 0.2) is 55.0 Å². The fourth-order valence-electron chi connectivity index (χ4n) is 3.93. The van der Waals surface area contributed by atoms with Gasteiger partial charge in [-0.15, -0.1) is 0 Å². The van der Waals surface area contributed by atoms with Gasteiger partial charge in [-0.1, -0.05) is 0 Å². The minimum absolute atomic E-state index is 0.0164. The van der Waals surface area contributed by atoms with E-state index in [1.54, 1.807) is 18.5 Å². The molecule has 4 heterocycles. The molecule has 0 atom stereocenters. The van der Waals surface area contributed by atoms with Gasteiger partial charge in [0.15, 0.2) is 5.82 Å². The number of hydrogen-bond donors (Lipinski definition) is 2. The second-order valence-electron chi connectivity index (χ2n) is 7.49. The Balaban J connectivity index is 1.39. The maximum atomic E-state index is 13.0. The highest BCUT2D eigenvalue weighted by molar-refractivity contribution is 5.97. The fourth-order valence-corrected chi connectivity index (χ4v) is 3.93. The number of rotatable bonds is 5. The van der Waals surface area contributed by atoms with Crippen molar-refractivity contribution in [1.29, 1.82) is 0 Å². The summed E-state index contributed by atoms with van der Waals surface area (Å²) in [5, 5.41) is 9.08. The summed E-state index contributed by atoms with van der Waals surface area (Å²) >= 11 is 0. The van der Waals surface area contributed by atoms with E-state index >= 15 is 0 Å². The van der Waals surface area contributed by atoms with Crippen molar-refractivity contribution in [3.8, 4) is 17.5 Å². The summed E-state index contributed by atoms with van der Waals surface area (Å²) in [5.74, 6) is 1.27. The Morgan fingerprint density at radius 1 is 1.06 bits per heavy atom. The van der Waals surface area contributed by atoms with Crippen molar-refractivity contribution >= 4 is 16.9 Å². The zero-order valence-electron chi connectivity index (χ0n) is 17.0. The van der Waals surface area contributed by atoms with Crippen LogP contribution in [-0.4, -0.2) is 84.6 Å². The number of carbonyl (C=O) groups excluding carboxylic acids is 1. The first-order valence-corrected chi connectivity index (χ1v) is 10.3. The molecule has 1 aliphatic heterocycles. The third-order valence-electron chi connectivity index (χ3n) is 5.56. The van der Waals surface area contributed by atoms with Crippen molar-refractivity contribution in [1.82, 2.24) is 34.3 Å². The van der Waals surface area contributed by atoms with E-state index in [1.165, 1.54) is 0 Å². The fraction of sp³-hybridized carbons (Fsp3) is 0.273. The topological polar surface area (TPSA) is 103 Å². The molecule has 1 aromatic carbocycles. The Morgan fingerprint density at radius 2 is 1.87 bits per heavy atom. The molecule has 0 bridgehead atoms. The van der Waals surface area contributed by atoms with Gasteiger partial charge < -0.3 is 15.0 Å². The van der Waals surface area contributed by atoms with E-state index in [2.05, 4.69) is 19.9 Å². The molecule has 9 heteroatoms. The summed E-state index contributed by atoms with van der Waals surface area (Å²) in [6.07, 6.45) is 5.29. The summed E-state index contributed by atoms with van der Waals surface area (Å²) in [5.41, 5.74) is 3.08. The molecule has 5 rings (SSSR count). The van der Waals surface area contributed by atoms with Crippen molar-refractivity contribution in [2.24, 2.45) is 0 Å². The van der Waals surface area contributed by atoms with Crippen LogP contribution in [0.4, 0.5) is 0 Å². The maximum absolute atomic E-state index is 13.0. The van der Waals surface area contributed by atoms with Crippen LogP contribution >= 0.6 is 0 Å². The molecule has 1 saturated heterocycles. The van der Waals surface area contributed by atoms with Gasteiger partial charge >= 0.3 is 0 Å². The minimum Gasteiger partial charge on any atom is -0.395 e. The molecule has 1 amide bonds. The first kappa shape index (κ1) is 19.4. The lowest BCUT2D eigenvalue weighted by atomic mass is 10.1. The van der Waals surface area contributed by atoms with Crippen LogP contribution in [0.2, 0.25) is 0 Å². The van der Waals surface area contributed by atoms with Crippen LogP contribution in [0.3, 0.4) is 0 Å². The van der Waals surface area contributed by atoms with Gasteiger partial charge in [-0.2, -0.15) is 0 Å². The van der Waals surface area contributed by atoms with Gasteiger partial charge in [0.1, 0.15) is 0 Å². The predicted molar refractivity (Wildman–Crippen MR) is 116 cm³/mol. The highest BCUT2D eigenvalue weighted by Gasteiger charge is 2.22. The highest BCUT2D eigenvalue weighted by Crippen LogP contribution is 2.24. The average Bonchev–Trinajstić information content (AvgIpc) is 3.46. The zero-order valence-corrected chi connectivity index (χ0v) is 17.0. The van der Waals surface area contributed by atoms with Gasteiger partial charge in [0.05, 0.1) is 23.3 Å². The van der Waals surface area contributed by atoms with Crippen molar-refractivity contribution in [2.75, 3.05) is 39.3 Å². The molecule has 1 aliphatic rings. The Labute approximate surface area is 179 Å². The van der Waals surface area contributed by atoms with Gasteiger partial charge in [-0.05, 0) is 36.4 Å². The molecule has 158 valence electrons. The van der Waals surface area contributed by atoms with Crippen molar-refractivity contribution in [2.45, 2.75) is 0 Å². The zero-order chi connectivity index (χ0) is 21.2. The molecule has 0 radical (unpaired) electrons. The molecule has 31 heavy (non-hydrogen) atoms. The van der Waals surface area contributed by atoms with E-state index in [-0.39, 0.29) is 12.5 Å². The van der Waals surface area contributed by atoms with Crippen LogP contribution in [-0.2, 0) is 0 Å². The molecule has 4 aromatic rings. The molecule has 0 spiro atoms. The predicted octanol–water partition coefficient (Wildman–Crippen LogP) is 1.56. The molecular formula is C22H23N7O2. The molecule has 3 aromatic heterocycles. The molecule has 9 nitrogen and oxygen atoms in total. The SMILES string of the molecule is O=C(c1ccc2nc(-c3cccn3-c3ncccn3)[nH]c2c1)N1CCN(CCO)CC1. The summed E-state index contributed by atoms with van der Waals surface area (Å²) in [6, 6.07) is 11.2. The third-order valence-corrected chi connectivity index (χ3v) is 5.56. The number of imidazole rings is 1. The Kier molecular flexibility index (Phi) is 5.19. The third kappa shape index (κ3) is 3.80. The van der Waals surface area contributed by atoms with E-state index in [0.29, 0.717) is 37.0 Å². The van der Waals surface area contributed by atoms with Crippen molar-refractivity contribution in [3.05, 3.63) is 60.6 Å². The van der Waals surface area contributed by atoms with Crippen LogP contribution in [0.1, 0.15) is 10.4 Å². The van der Waals surface area contributed by atoms with Crippen molar-refractivity contribution < 1.29 is 9.90 Å². The number of H-pyrrole nitrogens is 1. The Morgan fingerprint density at radius 3 is 2.65 bits per heavy atom. The number of nitrogens with zero attached hydrogens (tertiary/aromatic N) is 6. The number of hydrogen-bond acceptors (Lipinski definition) is 6. The van der Waals surface area contributed by atoms with Crippen LogP contribution in [0, 0.1) is 0 Å². The van der Waals surface area contributed by atoms with Crippen LogP contribution in [0.25, 0.3) is 28.5 Å². The van der Waals surface area contributed by atoms with Gasteiger partial charge in [-0.25, -0.2) is 15.0 Å². The lowest BCUT2D eigenvalue weighted by molar-refractivity contribution is 0.0615. The second kappa shape index (κ2) is 8.29. The number of benzene rings is 1. The number of nitrogens with one attached hydrogen (secondary N) is 1. The number of aliphatic hydroxyl groups is 1. The number of amides is 1. The van der Waals surface area contributed by atoms with E-state index in [4.69, 9.17) is 10.1 Å².